The minimum atomic E-state index is 0.232. The number of nitrogens with zero attached hydrogens (tertiary/aromatic N) is 6. The standard InChI is InChI=1S/C19H22N6O/c1-15-21-22-18-13-17(14-20-25(15)18)23-9-11-24(12-10-23)19(26)8-7-16-5-3-2-4-6-16/h2-6,13-14H,7-12H2,1H3. The van der Waals surface area contributed by atoms with E-state index in [1.54, 1.807) is 4.52 Å². The largest absolute Gasteiger partial charge is 0.367 e. The number of aromatic nitrogens is 4. The zero-order valence-electron chi connectivity index (χ0n) is 14.9. The summed E-state index contributed by atoms with van der Waals surface area (Å²) in [4.78, 5) is 16.7. The average Bonchev–Trinajstić information content (AvgIpc) is 3.07. The smallest absolute Gasteiger partial charge is 0.223 e. The zero-order chi connectivity index (χ0) is 17.9. The van der Waals surface area contributed by atoms with Crippen LogP contribution in [0.2, 0.25) is 0 Å². The highest BCUT2D eigenvalue weighted by molar-refractivity contribution is 5.76. The summed E-state index contributed by atoms with van der Waals surface area (Å²) in [5.41, 5.74) is 2.99. The number of hydrogen-bond donors (Lipinski definition) is 0. The van der Waals surface area contributed by atoms with Crippen LogP contribution in [-0.4, -0.2) is 56.8 Å². The summed E-state index contributed by atoms with van der Waals surface area (Å²) < 4.78 is 1.73. The van der Waals surface area contributed by atoms with Crippen molar-refractivity contribution in [2.24, 2.45) is 0 Å². The van der Waals surface area contributed by atoms with E-state index in [1.807, 2.05) is 42.3 Å². The maximum atomic E-state index is 12.5. The molecule has 1 saturated heterocycles. The van der Waals surface area contributed by atoms with E-state index in [9.17, 15) is 4.79 Å². The number of carbonyl (C=O) groups is 1. The second kappa shape index (κ2) is 7.11. The van der Waals surface area contributed by atoms with E-state index in [1.165, 1.54) is 5.56 Å². The number of anilines is 1. The molecule has 3 aromatic rings. The Labute approximate surface area is 152 Å². The van der Waals surface area contributed by atoms with Crippen LogP contribution < -0.4 is 4.90 Å². The molecule has 0 saturated carbocycles. The summed E-state index contributed by atoms with van der Waals surface area (Å²) in [5.74, 6) is 1.01. The number of fused-ring (bicyclic) bond motifs is 1. The highest BCUT2D eigenvalue weighted by atomic mass is 16.2. The lowest BCUT2D eigenvalue weighted by molar-refractivity contribution is -0.131. The summed E-state index contributed by atoms with van der Waals surface area (Å²) in [6.45, 7) is 4.98. The molecule has 0 aliphatic carbocycles. The van der Waals surface area contributed by atoms with Crippen LogP contribution in [0, 0.1) is 6.92 Å². The number of carbonyl (C=O) groups excluding carboxylic acids is 1. The number of amides is 1. The molecule has 0 bridgehead atoms. The van der Waals surface area contributed by atoms with Gasteiger partial charge in [-0.25, -0.2) is 0 Å². The summed E-state index contributed by atoms with van der Waals surface area (Å²) in [5, 5.41) is 12.6. The van der Waals surface area contributed by atoms with Crippen molar-refractivity contribution in [3.8, 4) is 0 Å². The average molecular weight is 350 g/mol. The minimum Gasteiger partial charge on any atom is -0.367 e. The third-order valence-electron chi connectivity index (χ3n) is 4.87. The maximum absolute atomic E-state index is 12.5. The Kier molecular flexibility index (Phi) is 4.51. The second-order valence-corrected chi connectivity index (χ2v) is 6.58. The van der Waals surface area contributed by atoms with Gasteiger partial charge in [-0.3, -0.25) is 4.79 Å². The van der Waals surface area contributed by atoms with Crippen LogP contribution in [0.5, 0.6) is 0 Å². The Morgan fingerprint density at radius 1 is 1.08 bits per heavy atom. The van der Waals surface area contributed by atoms with Gasteiger partial charge in [0.25, 0.3) is 0 Å². The molecule has 1 aliphatic heterocycles. The van der Waals surface area contributed by atoms with Crippen molar-refractivity contribution in [1.82, 2.24) is 24.7 Å². The van der Waals surface area contributed by atoms with Crippen molar-refractivity contribution < 1.29 is 4.79 Å². The topological polar surface area (TPSA) is 66.6 Å². The molecule has 134 valence electrons. The summed E-state index contributed by atoms with van der Waals surface area (Å²) in [7, 11) is 0. The molecule has 1 aromatic carbocycles. The highest BCUT2D eigenvalue weighted by Crippen LogP contribution is 2.17. The molecule has 7 heteroatoms. The van der Waals surface area contributed by atoms with Gasteiger partial charge in [-0.2, -0.15) is 9.61 Å². The molecule has 4 rings (SSSR count). The molecule has 1 aliphatic rings. The third kappa shape index (κ3) is 3.37. The van der Waals surface area contributed by atoms with E-state index >= 15 is 0 Å². The van der Waals surface area contributed by atoms with Gasteiger partial charge in [-0.15, -0.1) is 10.2 Å². The van der Waals surface area contributed by atoms with Crippen molar-refractivity contribution in [3.63, 3.8) is 0 Å². The summed E-state index contributed by atoms with van der Waals surface area (Å²) in [6.07, 6.45) is 3.21. The molecule has 1 fully saturated rings. The molecular formula is C19H22N6O. The lowest BCUT2D eigenvalue weighted by Gasteiger charge is -2.36. The van der Waals surface area contributed by atoms with Crippen LogP contribution in [0.25, 0.3) is 5.65 Å². The SMILES string of the molecule is Cc1nnc2cc(N3CCN(C(=O)CCc4ccccc4)CC3)cnn12. The Balaban J connectivity index is 1.33. The van der Waals surface area contributed by atoms with E-state index in [4.69, 9.17) is 0 Å². The van der Waals surface area contributed by atoms with Gasteiger partial charge in [-0.1, -0.05) is 30.3 Å². The molecule has 0 unspecified atom stereocenters. The number of benzene rings is 1. The lowest BCUT2D eigenvalue weighted by atomic mass is 10.1. The lowest BCUT2D eigenvalue weighted by Crippen LogP contribution is -2.48. The molecule has 0 N–H and O–H groups in total. The van der Waals surface area contributed by atoms with Crippen molar-refractivity contribution in [1.29, 1.82) is 0 Å². The molecule has 0 spiro atoms. The van der Waals surface area contributed by atoms with Crippen molar-refractivity contribution in [3.05, 3.63) is 54.0 Å². The van der Waals surface area contributed by atoms with Gasteiger partial charge in [0.05, 0.1) is 11.9 Å². The van der Waals surface area contributed by atoms with E-state index in [2.05, 4.69) is 32.3 Å². The van der Waals surface area contributed by atoms with Gasteiger partial charge in [0.1, 0.15) is 0 Å². The number of rotatable bonds is 4. The van der Waals surface area contributed by atoms with Crippen molar-refractivity contribution in [2.75, 3.05) is 31.1 Å². The predicted octanol–water partition coefficient (Wildman–Crippen LogP) is 1.71. The molecular weight excluding hydrogens is 328 g/mol. The van der Waals surface area contributed by atoms with Crippen molar-refractivity contribution >= 4 is 17.2 Å². The molecule has 1 amide bonds. The molecule has 3 heterocycles. The van der Waals surface area contributed by atoms with Crippen LogP contribution in [0.1, 0.15) is 17.8 Å². The monoisotopic (exact) mass is 350 g/mol. The molecule has 0 radical (unpaired) electrons. The van der Waals surface area contributed by atoms with E-state index in [-0.39, 0.29) is 5.91 Å². The maximum Gasteiger partial charge on any atom is 0.223 e. The first-order valence-corrected chi connectivity index (χ1v) is 8.95. The third-order valence-corrected chi connectivity index (χ3v) is 4.87. The Morgan fingerprint density at radius 2 is 1.85 bits per heavy atom. The van der Waals surface area contributed by atoms with Gasteiger partial charge in [0, 0.05) is 38.7 Å². The normalized spacial score (nSPS) is 14.8. The van der Waals surface area contributed by atoms with Gasteiger partial charge < -0.3 is 9.80 Å². The predicted molar refractivity (Wildman–Crippen MR) is 99.1 cm³/mol. The Bertz CT molecular complexity index is 899. The van der Waals surface area contributed by atoms with Crippen LogP contribution in [-0.2, 0) is 11.2 Å². The summed E-state index contributed by atoms with van der Waals surface area (Å²) in [6, 6.07) is 12.2. The van der Waals surface area contributed by atoms with E-state index in [0.717, 1.165) is 49.8 Å². The molecule has 7 nitrogen and oxygen atoms in total. The number of piperazine rings is 1. The van der Waals surface area contributed by atoms with Crippen LogP contribution in [0.3, 0.4) is 0 Å². The molecule has 2 aromatic heterocycles. The fraction of sp³-hybridized carbons (Fsp3) is 0.368. The van der Waals surface area contributed by atoms with Crippen LogP contribution in [0.4, 0.5) is 5.69 Å². The number of aryl methyl sites for hydroxylation is 2. The van der Waals surface area contributed by atoms with E-state index in [0.29, 0.717) is 6.42 Å². The fourth-order valence-corrected chi connectivity index (χ4v) is 3.33. The van der Waals surface area contributed by atoms with Gasteiger partial charge in [-0.05, 0) is 18.9 Å². The Morgan fingerprint density at radius 3 is 2.62 bits per heavy atom. The van der Waals surface area contributed by atoms with Crippen LogP contribution in [0.15, 0.2) is 42.6 Å². The van der Waals surface area contributed by atoms with Crippen molar-refractivity contribution in [2.45, 2.75) is 19.8 Å². The first-order valence-electron chi connectivity index (χ1n) is 8.95. The molecule has 0 atom stereocenters. The second-order valence-electron chi connectivity index (χ2n) is 6.58. The van der Waals surface area contributed by atoms with Gasteiger partial charge in [0.2, 0.25) is 5.91 Å². The summed E-state index contributed by atoms with van der Waals surface area (Å²) >= 11 is 0. The molecule has 26 heavy (non-hydrogen) atoms. The van der Waals surface area contributed by atoms with E-state index < -0.39 is 0 Å². The minimum absolute atomic E-state index is 0.232. The quantitative estimate of drug-likeness (QED) is 0.717. The number of hydrogen-bond acceptors (Lipinski definition) is 5. The zero-order valence-corrected chi connectivity index (χ0v) is 14.9. The Hall–Kier alpha value is -2.96. The first-order chi connectivity index (χ1) is 12.7. The highest BCUT2D eigenvalue weighted by Gasteiger charge is 2.21. The fourth-order valence-electron chi connectivity index (χ4n) is 3.33. The van der Waals surface area contributed by atoms with Gasteiger partial charge in [0.15, 0.2) is 11.5 Å². The van der Waals surface area contributed by atoms with Gasteiger partial charge >= 0.3 is 0 Å². The van der Waals surface area contributed by atoms with Crippen LogP contribution >= 0.6 is 0 Å². The first kappa shape index (κ1) is 16.5.